The van der Waals surface area contributed by atoms with E-state index in [9.17, 15) is 14.4 Å². The fraction of sp³-hybridized carbons (Fsp3) is 0.769. The predicted octanol–water partition coefficient (Wildman–Crippen LogP) is 1.30. The lowest BCUT2D eigenvalue weighted by atomic mass is 10.00. The molecule has 0 aromatic heterocycles. The quantitative estimate of drug-likeness (QED) is 0.271. The van der Waals surface area contributed by atoms with Crippen LogP contribution in [0, 0.1) is 0 Å². The van der Waals surface area contributed by atoms with Crippen LogP contribution in [-0.4, -0.2) is 58.4 Å². The molecule has 1 aliphatic heterocycles. The summed E-state index contributed by atoms with van der Waals surface area (Å²) in [6.07, 6.45) is -1.25. The number of rotatable bonds is 5. The number of carbonyl (C=O) groups excluding carboxylic acids is 3. The molecular formula is C13H19IO7S. The van der Waals surface area contributed by atoms with Crippen molar-refractivity contribution in [1.82, 2.24) is 0 Å². The van der Waals surface area contributed by atoms with Gasteiger partial charge in [0.05, 0.1) is 0 Å². The van der Waals surface area contributed by atoms with Crippen molar-refractivity contribution in [3.63, 3.8) is 0 Å². The first-order chi connectivity index (χ1) is 10.3. The third-order valence-electron chi connectivity index (χ3n) is 2.88. The molecule has 0 spiro atoms. The monoisotopic (exact) mass is 446 g/mol. The molecule has 0 unspecified atom stereocenters. The van der Waals surface area contributed by atoms with E-state index in [0.29, 0.717) is 4.43 Å². The first-order valence-electron chi connectivity index (χ1n) is 6.56. The van der Waals surface area contributed by atoms with Crippen molar-refractivity contribution in [3.05, 3.63) is 0 Å². The van der Waals surface area contributed by atoms with E-state index < -0.39 is 47.8 Å². The minimum Gasteiger partial charge on any atom is -0.456 e. The van der Waals surface area contributed by atoms with E-state index in [2.05, 4.69) is 22.6 Å². The fourth-order valence-corrected chi connectivity index (χ4v) is 3.61. The van der Waals surface area contributed by atoms with Crippen LogP contribution in [0.3, 0.4) is 0 Å². The highest BCUT2D eigenvalue weighted by atomic mass is 127. The van der Waals surface area contributed by atoms with Gasteiger partial charge in [0.1, 0.15) is 11.5 Å². The van der Waals surface area contributed by atoms with E-state index in [0.717, 1.165) is 0 Å². The highest BCUT2D eigenvalue weighted by molar-refractivity contribution is 14.1. The third-order valence-corrected chi connectivity index (χ3v) is 4.59. The van der Waals surface area contributed by atoms with Crippen molar-refractivity contribution in [2.24, 2.45) is 0 Å². The number of esters is 3. The van der Waals surface area contributed by atoms with Gasteiger partial charge in [0, 0.05) is 25.2 Å². The van der Waals surface area contributed by atoms with Crippen LogP contribution in [0.2, 0.25) is 0 Å². The Morgan fingerprint density at radius 1 is 0.955 bits per heavy atom. The number of thioether (sulfide) groups is 1. The molecule has 0 N–H and O–H groups in total. The van der Waals surface area contributed by atoms with E-state index in [4.69, 9.17) is 18.9 Å². The molecule has 1 heterocycles. The van der Waals surface area contributed by atoms with Crippen LogP contribution in [0.5, 0.6) is 0 Å². The topological polar surface area (TPSA) is 88.1 Å². The normalized spacial score (nSPS) is 31.2. The molecule has 0 saturated carbocycles. The summed E-state index contributed by atoms with van der Waals surface area (Å²) in [7, 11) is 0. The second-order valence-corrected chi connectivity index (χ2v) is 6.47. The molecule has 5 atom stereocenters. The molecule has 22 heavy (non-hydrogen) atoms. The Hall–Kier alpha value is -0.550. The maximum atomic E-state index is 11.4. The van der Waals surface area contributed by atoms with Gasteiger partial charge in [-0.1, -0.05) is 22.6 Å². The molecule has 0 aliphatic carbocycles. The van der Waals surface area contributed by atoms with Crippen molar-refractivity contribution < 1.29 is 33.3 Å². The van der Waals surface area contributed by atoms with Crippen molar-refractivity contribution in [2.45, 2.75) is 50.6 Å². The summed E-state index contributed by atoms with van der Waals surface area (Å²) < 4.78 is 22.2. The lowest BCUT2D eigenvalue weighted by molar-refractivity contribution is -0.227. The largest absolute Gasteiger partial charge is 0.456 e. The molecule has 1 aliphatic rings. The second kappa shape index (κ2) is 8.92. The second-order valence-electron chi connectivity index (χ2n) is 4.66. The van der Waals surface area contributed by atoms with Gasteiger partial charge in [-0.2, -0.15) is 0 Å². The molecule has 1 rings (SSSR count). The van der Waals surface area contributed by atoms with Crippen molar-refractivity contribution >= 4 is 52.3 Å². The van der Waals surface area contributed by atoms with Gasteiger partial charge in [-0.15, -0.1) is 11.8 Å². The molecule has 7 nitrogen and oxygen atoms in total. The predicted molar refractivity (Wildman–Crippen MR) is 87.7 cm³/mol. The highest BCUT2D eigenvalue weighted by Gasteiger charge is 2.51. The van der Waals surface area contributed by atoms with Crippen LogP contribution in [-0.2, 0) is 33.3 Å². The first kappa shape index (κ1) is 19.5. The standard InChI is InChI=1S/C13H19IO7S/c1-6(15)18-10-9(5-14)21-13(22-4)12(20-8(3)17)11(10)19-7(2)16/h9-13H,5H2,1-4H3/t9-,10-,11+,12+,13-/m1/s1. The van der Waals surface area contributed by atoms with E-state index in [-0.39, 0.29) is 0 Å². The maximum Gasteiger partial charge on any atom is 0.303 e. The number of alkyl halides is 1. The van der Waals surface area contributed by atoms with Crippen molar-refractivity contribution in [3.8, 4) is 0 Å². The number of hydrogen-bond acceptors (Lipinski definition) is 8. The van der Waals surface area contributed by atoms with Gasteiger partial charge in [-0.05, 0) is 6.26 Å². The average Bonchev–Trinajstić information content (AvgIpc) is 2.41. The summed E-state index contributed by atoms with van der Waals surface area (Å²) in [4.78, 5) is 34.1. The molecule has 126 valence electrons. The summed E-state index contributed by atoms with van der Waals surface area (Å²) in [5.74, 6) is -1.60. The SMILES string of the molecule is CS[C@H]1O[C@H](CI)[C@@H](OC(C)=O)[C@H](OC(C)=O)[C@@H]1OC(C)=O. The number of ether oxygens (including phenoxy) is 4. The van der Waals surface area contributed by atoms with Gasteiger partial charge in [0.25, 0.3) is 0 Å². The Balaban J connectivity index is 3.14. The van der Waals surface area contributed by atoms with Crippen LogP contribution in [0.1, 0.15) is 20.8 Å². The molecule has 0 aromatic carbocycles. The minimum absolute atomic E-state index is 0.460. The zero-order valence-electron chi connectivity index (χ0n) is 12.7. The lowest BCUT2D eigenvalue weighted by Crippen LogP contribution is -2.60. The summed E-state index contributed by atoms with van der Waals surface area (Å²) in [5, 5.41) is 0. The van der Waals surface area contributed by atoms with Gasteiger partial charge in [-0.25, -0.2) is 0 Å². The van der Waals surface area contributed by atoms with Gasteiger partial charge >= 0.3 is 17.9 Å². The van der Waals surface area contributed by atoms with Crippen LogP contribution < -0.4 is 0 Å². The van der Waals surface area contributed by atoms with Crippen molar-refractivity contribution in [2.75, 3.05) is 10.7 Å². The lowest BCUT2D eigenvalue weighted by Gasteiger charge is -2.43. The van der Waals surface area contributed by atoms with Gasteiger partial charge in [0.15, 0.2) is 18.3 Å². The first-order valence-corrected chi connectivity index (χ1v) is 9.37. The van der Waals surface area contributed by atoms with Gasteiger partial charge < -0.3 is 18.9 Å². The van der Waals surface area contributed by atoms with Crippen LogP contribution in [0.4, 0.5) is 0 Å². The molecule has 0 amide bonds. The van der Waals surface area contributed by atoms with Crippen molar-refractivity contribution in [1.29, 1.82) is 0 Å². The molecule has 0 radical (unpaired) electrons. The molecule has 1 fully saturated rings. The number of hydrogen-bond donors (Lipinski definition) is 0. The Morgan fingerprint density at radius 3 is 1.82 bits per heavy atom. The molecular weight excluding hydrogens is 427 g/mol. The summed E-state index contributed by atoms with van der Waals surface area (Å²) in [6.45, 7) is 3.77. The zero-order valence-corrected chi connectivity index (χ0v) is 15.7. The molecule has 1 saturated heterocycles. The molecule has 0 aromatic rings. The number of carbonyl (C=O) groups is 3. The highest BCUT2D eigenvalue weighted by Crippen LogP contribution is 2.33. The van der Waals surface area contributed by atoms with E-state index in [1.807, 2.05) is 0 Å². The van der Waals surface area contributed by atoms with E-state index in [1.54, 1.807) is 6.26 Å². The maximum absolute atomic E-state index is 11.4. The molecule has 9 heteroatoms. The van der Waals surface area contributed by atoms with Crippen LogP contribution >= 0.6 is 34.4 Å². The average molecular weight is 446 g/mol. The van der Waals surface area contributed by atoms with Gasteiger partial charge in [0.2, 0.25) is 0 Å². The minimum atomic E-state index is -0.906. The van der Waals surface area contributed by atoms with E-state index in [1.165, 1.54) is 32.5 Å². The fourth-order valence-electron chi connectivity index (χ4n) is 2.17. The summed E-state index contributed by atoms with van der Waals surface area (Å²) in [5.41, 5.74) is -0.514. The zero-order chi connectivity index (χ0) is 16.9. The van der Waals surface area contributed by atoms with Crippen LogP contribution in [0.15, 0.2) is 0 Å². The van der Waals surface area contributed by atoms with Gasteiger partial charge in [-0.3, -0.25) is 14.4 Å². The summed E-state index contributed by atoms with van der Waals surface area (Å²) in [6, 6.07) is 0. The Morgan fingerprint density at radius 2 is 1.41 bits per heavy atom. The summed E-state index contributed by atoms with van der Waals surface area (Å²) >= 11 is 3.43. The van der Waals surface area contributed by atoms with E-state index >= 15 is 0 Å². The Kier molecular flexibility index (Phi) is 7.90. The molecule has 0 bridgehead atoms. The Bertz CT molecular complexity index is 401. The van der Waals surface area contributed by atoms with Crippen LogP contribution in [0.25, 0.3) is 0 Å². The third kappa shape index (κ3) is 5.27. The Labute approximate surface area is 146 Å². The smallest absolute Gasteiger partial charge is 0.303 e. The number of halogens is 1.